The smallest absolute Gasteiger partial charge is 0.267 e. The molecule has 22 heavy (non-hydrogen) atoms. The van der Waals surface area contributed by atoms with Crippen LogP contribution in [0.25, 0.3) is 10.6 Å². The van der Waals surface area contributed by atoms with E-state index in [0.717, 1.165) is 26.4 Å². The summed E-state index contributed by atoms with van der Waals surface area (Å²) in [5.41, 5.74) is 2.53. The fourth-order valence-electron chi connectivity index (χ4n) is 2.06. The van der Waals surface area contributed by atoms with Gasteiger partial charge in [0.2, 0.25) is 0 Å². The topological polar surface area (TPSA) is 42.0 Å². The minimum Gasteiger partial charge on any atom is -0.321 e. The Morgan fingerprint density at radius 3 is 2.64 bits per heavy atom. The average molecular weight is 373 g/mol. The Morgan fingerprint density at radius 1 is 1.14 bits per heavy atom. The van der Waals surface area contributed by atoms with Gasteiger partial charge in [0, 0.05) is 15.7 Å². The van der Waals surface area contributed by atoms with Gasteiger partial charge in [0.05, 0.1) is 5.69 Å². The summed E-state index contributed by atoms with van der Waals surface area (Å²) in [6.45, 7) is 1.86. The van der Waals surface area contributed by atoms with E-state index in [0.29, 0.717) is 4.88 Å². The van der Waals surface area contributed by atoms with Crippen LogP contribution in [0, 0.1) is 6.92 Å². The number of anilines is 1. The molecular weight excluding hydrogens is 360 g/mol. The number of hydrogen-bond acceptors (Lipinski definition) is 3. The largest absolute Gasteiger partial charge is 0.321 e. The van der Waals surface area contributed by atoms with E-state index in [1.54, 1.807) is 0 Å². The number of carbonyl (C=O) groups excluding carboxylic acids is 1. The number of halogens is 1. The van der Waals surface area contributed by atoms with E-state index in [-0.39, 0.29) is 5.91 Å². The van der Waals surface area contributed by atoms with E-state index in [9.17, 15) is 4.79 Å². The van der Waals surface area contributed by atoms with Gasteiger partial charge in [0.1, 0.15) is 9.88 Å². The van der Waals surface area contributed by atoms with Gasteiger partial charge in [-0.2, -0.15) is 0 Å². The minimum atomic E-state index is -0.123. The molecule has 3 nitrogen and oxygen atoms in total. The van der Waals surface area contributed by atoms with Crippen molar-refractivity contribution >= 4 is 38.9 Å². The second-order valence-corrected chi connectivity index (χ2v) is 6.68. The number of hydrogen-bond donors (Lipinski definition) is 1. The van der Waals surface area contributed by atoms with Crippen LogP contribution in [0.5, 0.6) is 0 Å². The normalized spacial score (nSPS) is 10.5. The van der Waals surface area contributed by atoms with Crippen LogP contribution in [0.2, 0.25) is 0 Å². The van der Waals surface area contributed by atoms with Crippen LogP contribution < -0.4 is 5.32 Å². The molecule has 110 valence electrons. The van der Waals surface area contributed by atoms with Crippen LogP contribution in [0.1, 0.15) is 15.4 Å². The second-order valence-electron chi connectivity index (χ2n) is 4.76. The van der Waals surface area contributed by atoms with E-state index in [4.69, 9.17) is 0 Å². The minimum absolute atomic E-state index is 0.123. The van der Waals surface area contributed by atoms with Gasteiger partial charge >= 0.3 is 0 Å². The van der Waals surface area contributed by atoms with Gasteiger partial charge in [-0.05, 0) is 31.2 Å². The summed E-state index contributed by atoms with van der Waals surface area (Å²) in [6.07, 6.45) is 0. The number of rotatable bonds is 3. The molecule has 3 rings (SSSR count). The zero-order chi connectivity index (χ0) is 15.5. The molecule has 0 saturated heterocycles. The maximum atomic E-state index is 12.4. The quantitative estimate of drug-likeness (QED) is 0.691. The molecule has 0 unspecified atom stereocenters. The lowest BCUT2D eigenvalue weighted by atomic mass is 10.2. The molecule has 2 aromatic carbocycles. The molecule has 1 amide bonds. The van der Waals surface area contributed by atoms with Crippen molar-refractivity contribution in [3.05, 3.63) is 69.6 Å². The van der Waals surface area contributed by atoms with Crippen molar-refractivity contribution in [2.75, 3.05) is 5.32 Å². The number of para-hydroxylation sites is 1. The molecule has 0 atom stereocenters. The molecule has 1 heterocycles. The zero-order valence-electron chi connectivity index (χ0n) is 11.8. The lowest BCUT2D eigenvalue weighted by Crippen LogP contribution is -2.11. The van der Waals surface area contributed by atoms with E-state index in [1.165, 1.54) is 11.3 Å². The third-order valence-electron chi connectivity index (χ3n) is 3.11. The van der Waals surface area contributed by atoms with Crippen molar-refractivity contribution < 1.29 is 4.79 Å². The van der Waals surface area contributed by atoms with E-state index in [1.807, 2.05) is 61.5 Å². The fourth-order valence-corrected chi connectivity index (χ4v) is 3.42. The highest BCUT2D eigenvalue weighted by Gasteiger charge is 2.16. The summed E-state index contributed by atoms with van der Waals surface area (Å²) in [5.74, 6) is -0.123. The van der Waals surface area contributed by atoms with Crippen molar-refractivity contribution in [2.24, 2.45) is 0 Å². The van der Waals surface area contributed by atoms with Gasteiger partial charge in [-0.25, -0.2) is 4.98 Å². The van der Waals surface area contributed by atoms with Crippen molar-refractivity contribution in [1.29, 1.82) is 0 Å². The number of aromatic nitrogens is 1. The van der Waals surface area contributed by atoms with E-state index < -0.39 is 0 Å². The van der Waals surface area contributed by atoms with Crippen molar-refractivity contribution in [3.8, 4) is 10.6 Å². The molecule has 5 heteroatoms. The van der Waals surface area contributed by atoms with Crippen molar-refractivity contribution in [3.63, 3.8) is 0 Å². The number of thiazole rings is 1. The molecule has 0 saturated carbocycles. The summed E-state index contributed by atoms with van der Waals surface area (Å²) >= 11 is 4.86. The van der Waals surface area contributed by atoms with Crippen LogP contribution in [0.3, 0.4) is 0 Å². The molecule has 0 aliphatic rings. The fraction of sp³-hybridized carbons (Fsp3) is 0.0588. The molecule has 3 aromatic rings. The molecule has 0 spiro atoms. The van der Waals surface area contributed by atoms with Crippen molar-refractivity contribution in [2.45, 2.75) is 6.92 Å². The van der Waals surface area contributed by atoms with Crippen LogP contribution in [-0.2, 0) is 0 Å². The molecule has 0 bridgehead atoms. The molecule has 0 aliphatic carbocycles. The molecule has 0 fully saturated rings. The third kappa shape index (κ3) is 3.26. The number of amides is 1. The van der Waals surface area contributed by atoms with Crippen LogP contribution in [-0.4, -0.2) is 10.9 Å². The molecule has 1 N–H and O–H groups in total. The summed E-state index contributed by atoms with van der Waals surface area (Å²) in [5, 5.41) is 3.74. The first kappa shape index (κ1) is 14.9. The van der Waals surface area contributed by atoms with Gasteiger partial charge in [-0.3, -0.25) is 4.79 Å². The third-order valence-corrected chi connectivity index (χ3v) is 4.80. The standard InChI is InChI=1S/C17H13BrN2OS/c1-11-15(16(21)20-14-8-3-2-4-9-14)22-17(19-11)12-6-5-7-13(18)10-12/h2-10H,1H3,(H,20,21). The van der Waals surface area contributed by atoms with Crippen LogP contribution in [0.15, 0.2) is 59.1 Å². The van der Waals surface area contributed by atoms with E-state index in [2.05, 4.69) is 26.2 Å². The SMILES string of the molecule is Cc1nc(-c2cccc(Br)c2)sc1C(=O)Nc1ccccc1. The van der Waals surface area contributed by atoms with Crippen LogP contribution in [0.4, 0.5) is 5.69 Å². The zero-order valence-corrected chi connectivity index (χ0v) is 14.2. The number of nitrogens with zero attached hydrogens (tertiary/aromatic N) is 1. The number of nitrogens with one attached hydrogen (secondary N) is 1. The maximum Gasteiger partial charge on any atom is 0.267 e. The van der Waals surface area contributed by atoms with Gasteiger partial charge < -0.3 is 5.32 Å². The Kier molecular flexibility index (Phi) is 4.36. The first-order valence-electron chi connectivity index (χ1n) is 6.73. The molecule has 1 aromatic heterocycles. The second kappa shape index (κ2) is 6.42. The Hall–Kier alpha value is -1.98. The highest BCUT2D eigenvalue weighted by molar-refractivity contribution is 9.10. The Bertz CT molecular complexity index is 815. The first-order chi connectivity index (χ1) is 10.6. The predicted molar refractivity (Wildman–Crippen MR) is 94.4 cm³/mol. The lowest BCUT2D eigenvalue weighted by molar-refractivity contribution is 0.103. The highest BCUT2D eigenvalue weighted by atomic mass is 79.9. The lowest BCUT2D eigenvalue weighted by Gasteiger charge is -2.02. The summed E-state index contributed by atoms with van der Waals surface area (Å²) < 4.78 is 0.994. The molecule has 0 radical (unpaired) electrons. The van der Waals surface area contributed by atoms with Crippen LogP contribution >= 0.6 is 27.3 Å². The summed E-state index contributed by atoms with van der Waals surface area (Å²) in [7, 11) is 0. The Balaban J connectivity index is 1.88. The van der Waals surface area contributed by atoms with Gasteiger partial charge in [-0.15, -0.1) is 11.3 Å². The predicted octanol–water partition coefficient (Wildman–Crippen LogP) is 5.13. The van der Waals surface area contributed by atoms with Gasteiger partial charge in [-0.1, -0.05) is 46.3 Å². The van der Waals surface area contributed by atoms with E-state index >= 15 is 0 Å². The van der Waals surface area contributed by atoms with Crippen molar-refractivity contribution in [1.82, 2.24) is 4.98 Å². The summed E-state index contributed by atoms with van der Waals surface area (Å²) in [4.78, 5) is 17.6. The number of aryl methyl sites for hydroxylation is 1. The average Bonchev–Trinajstić information content (AvgIpc) is 2.90. The van der Waals surface area contributed by atoms with Gasteiger partial charge in [0.25, 0.3) is 5.91 Å². The highest BCUT2D eigenvalue weighted by Crippen LogP contribution is 2.30. The maximum absolute atomic E-state index is 12.4. The number of carbonyl (C=O) groups is 1. The summed E-state index contributed by atoms with van der Waals surface area (Å²) in [6, 6.07) is 17.3. The Labute approximate surface area is 141 Å². The number of benzene rings is 2. The Morgan fingerprint density at radius 2 is 1.91 bits per heavy atom. The molecule has 0 aliphatic heterocycles. The monoisotopic (exact) mass is 372 g/mol. The first-order valence-corrected chi connectivity index (χ1v) is 8.34. The van der Waals surface area contributed by atoms with Gasteiger partial charge in [0.15, 0.2) is 0 Å². The molecular formula is C17H13BrN2OS.